The molecule has 1 aliphatic carbocycles. The molecule has 0 aliphatic heterocycles. The van der Waals surface area contributed by atoms with Crippen LogP contribution in [0.5, 0.6) is 0 Å². The number of amides is 1. The lowest BCUT2D eigenvalue weighted by molar-refractivity contribution is -0.122. The van der Waals surface area contributed by atoms with Crippen molar-refractivity contribution in [2.45, 2.75) is 71.0 Å². The molecule has 2 N–H and O–H groups in total. The van der Waals surface area contributed by atoms with E-state index in [2.05, 4.69) is 35.7 Å². The second-order valence-electron chi connectivity index (χ2n) is 6.55. The molecule has 1 aromatic rings. The predicted octanol–water partition coefficient (Wildman–Crippen LogP) is 2.82. The Kier molecular flexibility index (Phi) is 6.84. The van der Waals surface area contributed by atoms with E-state index in [1.807, 2.05) is 23.9 Å². The van der Waals surface area contributed by atoms with Crippen molar-refractivity contribution < 1.29 is 4.79 Å². The molecule has 2 rings (SSSR count). The van der Waals surface area contributed by atoms with Crippen molar-refractivity contribution in [3.63, 3.8) is 0 Å². The van der Waals surface area contributed by atoms with E-state index in [-0.39, 0.29) is 24.0 Å². The predicted molar refractivity (Wildman–Crippen MR) is 93.2 cm³/mol. The largest absolute Gasteiger partial charge is 0.354 e. The summed E-state index contributed by atoms with van der Waals surface area (Å²) in [5.41, 5.74) is 1.50. The van der Waals surface area contributed by atoms with E-state index in [0.29, 0.717) is 0 Å². The molecule has 23 heavy (non-hydrogen) atoms. The first-order valence-electron chi connectivity index (χ1n) is 8.78. The molecule has 3 atom stereocenters. The quantitative estimate of drug-likeness (QED) is 0.725. The zero-order valence-corrected chi connectivity index (χ0v) is 14.6. The van der Waals surface area contributed by atoms with Crippen molar-refractivity contribution in [2.75, 3.05) is 6.54 Å². The number of carbonyl (C=O) groups excluding carboxylic acids is 1. The molecular weight excluding hydrogens is 288 g/mol. The number of rotatable bonds is 8. The van der Waals surface area contributed by atoms with Gasteiger partial charge >= 0.3 is 0 Å². The van der Waals surface area contributed by atoms with Crippen LogP contribution in [0.25, 0.3) is 0 Å². The van der Waals surface area contributed by atoms with Gasteiger partial charge in [-0.15, -0.1) is 0 Å². The van der Waals surface area contributed by atoms with Gasteiger partial charge in [-0.3, -0.25) is 9.48 Å². The third-order valence-electron chi connectivity index (χ3n) is 4.70. The number of nitrogens with zero attached hydrogens (tertiary/aromatic N) is 2. The number of nitrogens with one attached hydrogen (secondary N) is 2. The van der Waals surface area contributed by atoms with Crippen LogP contribution in [0, 0.1) is 0 Å². The van der Waals surface area contributed by atoms with Gasteiger partial charge in [0, 0.05) is 25.0 Å². The molecule has 5 nitrogen and oxygen atoms in total. The van der Waals surface area contributed by atoms with Crippen molar-refractivity contribution >= 4 is 5.91 Å². The smallest absolute Gasteiger partial charge is 0.236 e. The second-order valence-corrected chi connectivity index (χ2v) is 6.55. The van der Waals surface area contributed by atoms with Crippen LogP contribution in [-0.4, -0.2) is 34.3 Å². The minimum atomic E-state index is -0.205. The molecule has 0 aromatic carbocycles. The molecular formula is C18H30N4O. The molecule has 0 saturated heterocycles. The highest BCUT2D eigenvalue weighted by Gasteiger charge is 2.20. The average Bonchev–Trinajstić information content (AvgIpc) is 3.09. The summed E-state index contributed by atoms with van der Waals surface area (Å²) in [7, 11) is 0. The topological polar surface area (TPSA) is 59.0 Å². The van der Waals surface area contributed by atoms with Crippen LogP contribution in [0.4, 0.5) is 0 Å². The second kappa shape index (κ2) is 8.87. The van der Waals surface area contributed by atoms with E-state index < -0.39 is 0 Å². The molecule has 1 aliphatic rings. The van der Waals surface area contributed by atoms with Crippen molar-refractivity contribution in [2.24, 2.45) is 0 Å². The van der Waals surface area contributed by atoms with Crippen LogP contribution in [0.1, 0.15) is 58.9 Å². The molecule has 0 spiro atoms. The van der Waals surface area contributed by atoms with E-state index in [9.17, 15) is 4.79 Å². The lowest BCUT2D eigenvalue weighted by Crippen LogP contribution is -2.48. The Balaban J connectivity index is 1.70. The van der Waals surface area contributed by atoms with Gasteiger partial charge in [-0.25, -0.2) is 0 Å². The summed E-state index contributed by atoms with van der Waals surface area (Å²) in [4.78, 5) is 12.2. The lowest BCUT2D eigenvalue weighted by Gasteiger charge is -2.25. The molecule has 0 fully saturated rings. The van der Waals surface area contributed by atoms with Gasteiger partial charge < -0.3 is 10.6 Å². The molecule has 128 valence electrons. The standard InChI is InChI=1S/C18H30N4O/c1-14(16(3)22-13-7-11-20-22)21-15(2)18(23)19-12-10-17-8-5-4-6-9-17/h7-8,11,13-16,21H,4-6,9-10,12H2,1-3H3,(H,19,23)/t14-,15+,16-/m1/s1. The van der Waals surface area contributed by atoms with E-state index in [1.165, 1.54) is 31.3 Å². The number of hydrogen-bond donors (Lipinski definition) is 2. The maximum absolute atomic E-state index is 12.2. The van der Waals surface area contributed by atoms with Crippen LogP contribution >= 0.6 is 0 Å². The highest BCUT2D eigenvalue weighted by molar-refractivity contribution is 5.81. The van der Waals surface area contributed by atoms with Gasteiger partial charge in [0.05, 0.1) is 12.1 Å². The zero-order chi connectivity index (χ0) is 16.7. The molecule has 0 radical (unpaired) electrons. The van der Waals surface area contributed by atoms with E-state index in [1.54, 1.807) is 6.20 Å². The first-order valence-corrected chi connectivity index (χ1v) is 8.78. The minimum absolute atomic E-state index is 0.0703. The molecule has 5 heteroatoms. The van der Waals surface area contributed by atoms with Gasteiger partial charge in [0.2, 0.25) is 5.91 Å². The fourth-order valence-electron chi connectivity index (χ4n) is 2.99. The third kappa shape index (κ3) is 5.50. The maximum Gasteiger partial charge on any atom is 0.236 e. The van der Waals surface area contributed by atoms with Crippen molar-refractivity contribution in [1.82, 2.24) is 20.4 Å². The van der Waals surface area contributed by atoms with Gasteiger partial charge in [-0.2, -0.15) is 5.10 Å². The SMILES string of the molecule is C[C@H](N[C@H](C)[C@@H](C)n1cccn1)C(=O)NCCC1=CCCCC1. The van der Waals surface area contributed by atoms with Crippen molar-refractivity contribution in [3.05, 3.63) is 30.1 Å². The summed E-state index contributed by atoms with van der Waals surface area (Å²) >= 11 is 0. The minimum Gasteiger partial charge on any atom is -0.354 e. The van der Waals surface area contributed by atoms with E-state index >= 15 is 0 Å². The molecule has 1 aromatic heterocycles. The normalized spacial score (nSPS) is 18.8. The Bertz CT molecular complexity index is 509. The molecule has 0 bridgehead atoms. The summed E-state index contributed by atoms with van der Waals surface area (Å²) in [6.45, 7) is 6.84. The van der Waals surface area contributed by atoms with Gasteiger partial charge in [0.1, 0.15) is 0 Å². The summed E-state index contributed by atoms with van der Waals surface area (Å²) in [5.74, 6) is 0.0703. The molecule has 0 saturated carbocycles. The summed E-state index contributed by atoms with van der Waals surface area (Å²) in [6.07, 6.45) is 12.0. The number of aromatic nitrogens is 2. The zero-order valence-electron chi connectivity index (χ0n) is 14.6. The lowest BCUT2D eigenvalue weighted by atomic mass is 9.97. The Morgan fingerprint density at radius 1 is 1.35 bits per heavy atom. The first-order chi connectivity index (χ1) is 11.1. The highest BCUT2D eigenvalue weighted by Crippen LogP contribution is 2.19. The van der Waals surface area contributed by atoms with Crippen LogP contribution in [0.2, 0.25) is 0 Å². The highest BCUT2D eigenvalue weighted by atomic mass is 16.2. The molecule has 1 amide bonds. The Hall–Kier alpha value is -1.62. The van der Waals surface area contributed by atoms with Gasteiger partial charge in [0.15, 0.2) is 0 Å². The monoisotopic (exact) mass is 318 g/mol. The van der Waals surface area contributed by atoms with Crippen LogP contribution in [0.15, 0.2) is 30.1 Å². The van der Waals surface area contributed by atoms with Crippen molar-refractivity contribution in [3.8, 4) is 0 Å². The van der Waals surface area contributed by atoms with Crippen molar-refractivity contribution in [1.29, 1.82) is 0 Å². The van der Waals surface area contributed by atoms with Crippen LogP contribution in [0.3, 0.4) is 0 Å². The molecule has 0 unspecified atom stereocenters. The Morgan fingerprint density at radius 2 is 2.17 bits per heavy atom. The first kappa shape index (κ1) is 17.7. The fourth-order valence-corrected chi connectivity index (χ4v) is 2.99. The van der Waals surface area contributed by atoms with Crippen LogP contribution in [-0.2, 0) is 4.79 Å². The number of carbonyl (C=O) groups is 1. The maximum atomic E-state index is 12.2. The Morgan fingerprint density at radius 3 is 2.83 bits per heavy atom. The average molecular weight is 318 g/mol. The van der Waals surface area contributed by atoms with E-state index in [4.69, 9.17) is 0 Å². The fraction of sp³-hybridized carbons (Fsp3) is 0.667. The number of allylic oxidation sites excluding steroid dienone is 1. The summed E-state index contributed by atoms with van der Waals surface area (Å²) in [5, 5.41) is 10.7. The van der Waals surface area contributed by atoms with Gasteiger partial charge in [-0.1, -0.05) is 11.6 Å². The third-order valence-corrected chi connectivity index (χ3v) is 4.70. The van der Waals surface area contributed by atoms with Gasteiger partial charge in [0.25, 0.3) is 0 Å². The Labute approximate surface area is 139 Å². The summed E-state index contributed by atoms with van der Waals surface area (Å²) in [6, 6.07) is 2.08. The van der Waals surface area contributed by atoms with Gasteiger partial charge in [-0.05, 0) is 58.9 Å². The van der Waals surface area contributed by atoms with E-state index in [0.717, 1.165) is 13.0 Å². The molecule has 1 heterocycles. The number of hydrogen-bond acceptors (Lipinski definition) is 3. The summed E-state index contributed by atoms with van der Waals surface area (Å²) < 4.78 is 1.91. The van der Waals surface area contributed by atoms with Crippen LogP contribution < -0.4 is 10.6 Å².